The molecule has 7 rings (SSSR count). The minimum atomic E-state index is -0.322. The summed E-state index contributed by atoms with van der Waals surface area (Å²) in [4.78, 5) is 26.4. The zero-order valence-corrected chi connectivity index (χ0v) is 22.2. The van der Waals surface area contributed by atoms with Crippen molar-refractivity contribution in [3.05, 3.63) is 75.8 Å². The zero-order chi connectivity index (χ0) is 25.6. The number of piperazine rings is 1. The number of thiazole rings is 1. The van der Waals surface area contributed by atoms with Crippen LogP contribution in [0.1, 0.15) is 54.7 Å². The van der Waals surface area contributed by atoms with Crippen LogP contribution in [0.25, 0.3) is 21.1 Å². The van der Waals surface area contributed by atoms with Gasteiger partial charge in [-0.15, -0.1) is 5.10 Å². The highest BCUT2D eigenvalue weighted by atomic mass is 32.1. The predicted octanol–water partition coefficient (Wildman–Crippen LogP) is 4.46. The van der Waals surface area contributed by atoms with Gasteiger partial charge in [0, 0.05) is 31.7 Å². The van der Waals surface area contributed by atoms with Crippen molar-refractivity contribution in [2.24, 2.45) is 0 Å². The second-order valence-corrected chi connectivity index (χ2v) is 11.4. The van der Waals surface area contributed by atoms with E-state index in [-0.39, 0.29) is 17.6 Å². The number of H-pyrrole nitrogens is 1. The van der Waals surface area contributed by atoms with Crippen molar-refractivity contribution in [2.75, 3.05) is 31.1 Å². The van der Waals surface area contributed by atoms with Gasteiger partial charge in [0.15, 0.2) is 11.0 Å². The first-order valence-corrected chi connectivity index (χ1v) is 14.2. The molecule has 2 aliphatic rings. The SMILES string of the molecule is Cc1cccc2cc(C(c3nnnn3C3CCCC3)N3CCN(c4nc5ccccc5s4)CC3)c(=O)[nH]c12. The third kappa shape index (κ3) is 4.08. The normalized spacial score (nSPS) is 18.1. The monoisotopic (exact) mass is 526 g/mol. The van der Waals surface area contributed by atoms with Gasteiger partial charge in [0.2, 0.25) is 0 Å². The Labute approximate surface area is 224 Å². The van der Waals surface area contributed by atoms with Gasteiger partial charge in [-0.1, -0.05) is 54.5 Å². The first-order valence-electron chi connectivity index (χ1n) is 13.4. The van der Waals surface area contributed by atoms with E-state index in [1.165, 1.54) is 17.5 Å². The summed E-state index contributed by atoms with van der Waals surface area (Å²) in [7, 11) is 0. The highest BCUT2D eigenvalue weighted by molar-refractivity contribution is 7.22. The molecule has 38 heavy (non-hydrogen) atoms. The number of aryl methyl sites for hydroxylation is 1. The average molecular weight is 527 g/mol. The molecule has 1 saturated carbocycles. The molecule has 1 atom stereocenters. The van der Waals surface area contributed by atoms with Crippen LogP contribution in [0, 0.1) is 6.92 Å². The number of pyridine rings is 1. The van der Waals surface area contributed by atoms with Crippen molar-refractivity contribution in [2.45, 2.75) is 44.7 Å². The van der Waals surface area contributed by atoms with Crippen molar-refractivity contribution in [1.29, 1.82) is 0 Å². The van der Waals surface area contributed by atoms with E-state index in [2.05, 4.69) is 54.6 Å². The number of hydrogen-bond acceptors (Lipinski definition) is 8. The number of nitrogens with zero attached hydrogens (tertiary/aromatic N) is 7. The van der Waals surface area contributed by atoms with Crippen LogP contribution in [0.5, 0.6) is 0 Å². The number of tetrazole rings is 1. The molecular formula is C28H30N8OS. The van der Waals surface area contributed by atoms with E-state index < -0.39 is 0 Å². The van der Waals surface area contributed by atoms with Gasteiger partial charge < -0.3 is 9.88 Å². The molecule has 194 valence electrons. The molecule has 1 unspecified atom stereocenters. The fourth-order valence-electron chi connectivity index (χ4n) is 6.06. The van der Waals surface area contributed by atoms with Gasteiger partial charge in [0.25, 0.3) is 5.56 Å². The minimum Gasteiger partial charge on any atom is -0.345 e. The Bertz CT molecular complexity index is 1630. The number of hydrogen-bond donors (Lipinski definition) is 1. The standard InChI is InChI=1S/C28H30N8OS/c1-18-7-6-8-19-17-21(27(37)30-24(18)19)25(26-31-32-33-36(26)20-9-2-3-10-20)34-13-15-35(16-14-34)28-29-22-11-4-5-12-23(22)38-28/h4-8,11-12,17,20,25H,2-3,9-10,13-16H2,1H3,(H,30,37). The van der Waals surface area contributed by atoms with E-state index in [1.807, 2.05) is 35.9 Å². The summed E-state index contributed by atoms with van der Waals surface area (Å²) in [6.07, 6.45) is 4.52. The third-order valence-electron chi connectivity index (χ3n) is 8.08. The molecule has 0 amide bonds. The van der Waals surface area contributed by atoms with Crippen molar-refractivity contribution >= 4 is 37.6 Å². The number of para-hydroxylation sites is 2. The molecule has 5 aromatic rings. The number of fused-ring (bicyclic) bond motifs is 2. The number of nitrogens with one attached hydrogen (secondary N) is 1. The van der Waals surface area contributed by atoms with Crippen molar-refractivity contribution in [3.63, 3.8) is 0 Å². The molecule has 10 heteroatoms. The summed E-state index contributed by atoms with van der Waals surface area (Å²) in [6.45, 7) is 5.24. The van der Waals surface area contributed by atoms with Gasteiger partial charge in [-0.3, -0.25) is 9.69 Å². The van der Waals surface area contributed by atoms with E-state index in [0.29, 0.717) is 5.56 Å². The highest BCUT2D eigenvalue weighted by Crippen LogP contribution is 2.35. The van der Waals surface area contributed by atoms with Crippen LogP contribution >= 0.6 is 11.3 Å². The third-order valence-corrected chi connectivity index (χ3v) is 9.17. The molecule has 4 heterocycles. The first kappa shape index (κ1) is 23.5. The molecule has 0 spiro atoms. The molecule has 9 nitrogen and oxygen atoms in total. The Morgan fingerprint density at radius 1 is 1.03 bits per heavy atom. The van der Waals surface area contributed by atoms with Gasteiger partial charge in [0.05, 0.1) is 21.8 Å². The molecule has 1 N–H and O–H groups in total. The maximum atomic E-state index is 13.6. The van der Waals surface area contributed by atoms with E-state index in [1.54, 1.807) is 11.3 Å². The Balaban J connectivity index is 1.26. The summed E-state index contributed by atoms with van der Waals surface area (Å²) in [6, 6.07) is 16.4. The fourth-order valence-corrected chi connectivity index (χ4v) is 7.08. The van der Waals surface area contributed by atoms with Crippen molar-refractivity contribution in [1.82, 2.24) is 35.1 Å². The maximum Gasteiger partial charge on any atom is 0.253 e. The molecule has 2 aromatic carbocycles. The number of benzene rings is 2. The highest BCUT2D eigenvalue weighted by Gasteiger charge is 2.35. The van der Waals surface area contributed by atoms with Gasteiger partial charge in [-0.05, 0) is 59.3 Å². The maximum absolute atomic E-state index is 13.6. The molecule has 1 saturated heterocycles. The lowest BCUT2D eigenvalue weighted by atomic mass is 10.0. The van der Waals surface area contributed by atoms with Gasteiger partial charge in [0.1, 0.15) is 6.04 Å². The lowest BCUT2D eigenvalue weighted by molar-refractivity contribution is 0.197. The minimum absolute atomic E-state index is 0.0774. The fraction of sp³-hybridized carbons (Fsp3) is 0.393. The quantitative estimate of drug-likeness (QED) is 0.361. The summed E-state index contributed by atoms with van der Waals surface area (Å²) in [5.74, 6) is 0.767. The van der Waals surface area contributed by atoms with Crippen LogP contribution in [0.15, 0.2) is 53.3 Å². The van der Waals surface area contributed by atoms with Crippen LogP contribution < -0.4 is 10.5 Å². The number of aromatic amines is 1. The van der Waals surface area contributed by atoms with Crippen molar-refractivity contribution in [3.8, 4) is 0 Å². The van der Waals surface area contributed by atoms with Gasteiger partial charge >= 0.3 is 0 Å². The summed E-state index contributed by atoms with van der Waals surface area (Å²) in [5.41, 5.74) is 3.61. The van der Waals surface area contributed by atoms with Gasteiger partial charge in [-0.2, -0.15) is 0 Å². The predicted molar refractivity (Wildman–Crippen MR) is 150 cm³/mol. The van der Waals surface area contributed by atoms with Crippen LogP contribution in [0.4, 0.5) is 5.13 Å². The zero-order valence-electron chi connectivity index (χ0n) is 21.4. The molecular weight excluding hydrogens is 496 g/mol. The second-order valence-electron chi connectivity index (χ2n) is 10.4. The van der Waals surface area contributed by atoms with Crippen LogP contribution in [0.3, 0.4) is 0 Å². The molecule has 1 aliphatic heterocycles. The Morgan fingerprint density at radius 2 is 1.84 bits per heavy atom. The van der Waals surface area contributed by atoms with Crippen LogP contribution in [-0.4, -0.2) is 61.3 Å². The number of anilines is 1. The van der Waals surface area contributed by atoms with E-state index in [4.69, 9.17) is 4.98 Å². The topological polar surface area (TPSA) is 95.8 Å². The summed E-state index contributed by atoms with van der Waals surface area (Å²) >= 11 is 1.74. The lowest BCUT2D eigenvalue weighted by Crippen LogP contribution is -2.49. The van der Waals surface area contributed by atoms with E-state index >= 15 is 0 Å². The average Bonchev–Trinajstić information content (AvgIpc) is 3.71. The Morgan fingerprint density at radius 3 is 2.66 bits per heavy atom. The van der Waals surface area contributed by atoms with Crippen LogP contribution in [-0.2, 0) is 0 Å². The molecule has 0 bridgehead atoms. The summed E-state index contributed by atoms with van der Waals surface area (Å²) < 4.78 is 3.20. The van der Waals surface area contributed by atoms with Crippen LogP contribution in [0.2, 0.25) is 0 Å². The molecule has 0 radical (unpaired) electrons. The lowest BCUT2D eigenvalue weighted by Gasteiger charge is -2.38. The second kappa shape index (κ2) is 9.59. The molecule has 1 aliphatic carbocycles. The Hall–Kier alpha value is -3.63. The smallest absolute Gasteiger partial charge is 0.253 e. The number of rotatable bonds is 5. The largest absolute Gasteiger partial charge is 0.345 e. The first-order chi connectivity index (χ1) is 18.7. The van der Waals surface area contributed by atoms with Gasteiger partial charge in [-0.25, -0.2) is 9.67 Å². The summed E-state index contributed by atoms with van der Waals surface area (Å²) in [5, 5.41) is 15.2. The molecule has 3 aromatic heterocycles. The number of aromatic nitrogens is 6. The van der Waals surface area contributed by atoms with E-state index in [9.17, 15) is 4.79 Å². The Kier molecular flexibility index (Phi) is 5.93. The van der Waals surface area contributed by atoms with Crippen molar-refractivity contribution < 1.29 is 0 Å². The molecule has 2 fully saturated rings. The van der Waals surface area contributed by atoms with E-state index in [0.717, 1.165) is 72.0 Å².